The molecular weight excluding hydrogens is 248 g/mol. The number of benzene rings is 1. The number of nitrogens with one attached hydrogen (secondary N) is 1. The molecule has 0 saturated heterocycles. The van der Waals surface area contributed by atoms with Crippen LogP contribution in [0.3, 0.4) is 0 Å². The summed E-state index contributed by atoms with van der Waals surface area (Å²) in [6.07, 6.45) is -3.19. The SMILES string of the molecule is COc1ccccc1C(=O)NC(C(=O)O)C(F)F. The Labute approximate surface area is 101 Å². The molecular formula is C11H11F2NO4. The Kier molecular flexibility index (Phi) is 4.59. The number of carbonyl (C=O) groups excluding carboxylic acids is 1. The summed E-state index contributed by atoms with van der Waals surface area (Å²) in [4.78, 5) is 22.2. The number of carboxylic acid groups (broad SMARTS) is 1. The summed E-state index contributed by atoms with van der Waals surface area (Å²) < 4.78 is 29.6. The normalized spacial score (nSPS) is 12.0. The quantitative estimate of drug-likeness (QED) is 0.831. The molecule has 0 aliphatic carbocycles. The minimum absolute atomic E-state index is 0.00750. The molecule has 0 aliphatic heterocycles. The molecule has 0 radical (unpaired) electrons. The second kappa shape index (κ2) is 5.95. The number of amides is 1. The van der Waals surface area contributed by atoms with E-state index in [0.717, 1.165) is 0 Å². The summed E-state index contributed by atoms with van der Waals surface area (Å²) in [6.45, 7) is 0. The highest BCUT2D eigenvalue weighted by Gasteiger charge is 2.30. The highest BCUT2D eigenvalue weighted by Crippen LogP contribution is 2.17. The van der Waals surface area contributed by atoms with Crippen LogP contribution in [0.5, 0.6) is 5.75 Å². The van der Waals surface area contributed by atoms with E-state index in [2.05, 4.69) is 0 Å². The first kappa shape index (κ1) is 13.9. The third-order valence-corrected chi connectivity index (χ3v) is 2.16. The Morgan fingerprint density at radius 1 is 1.33 bits per heavy atom. The molecule has 0 heterocycles. The molecule has 0 aromatic heterocycles. The zero-order valence-electron chi connectivity index (χ0n) is 9.39. The van der Waals surface area contributed by atoms with E-state index >= 15 is 0 Å². The molecule has 18 heavy (non-hydrogen) atoms. The van der Waals surface area contributed by atoms with Crippen LogP contribution in [0.1, 0.15) is 10.4 Å². The summed E-state index contributed by atoms with van der Waals surface area (Å²) in [7, 11) is 1.31. The lowest BCUT2D eigenvalue weighted by atomic mass is 10.1. The predicted molar refractivity (Wildman–Crippen MR) is 57.9 cm³/mol. The topological polar surface area (TPSA) is 75.6 Å². The van der Waals surface area contributed by atoms with Crippen molar-refractivity contribution < 1.29 is 28.2 Å². The van der Waals surface area contributed by atoms with Gasteiger partial charge in [0.25, 0.3) is 12.3 Å². The maximum absolute atomic E-state index is 12.4. The standard InChI is InChI=1S/C11H11F2NO4/c1-18-7-5-3-2-4-6(7)10(15)14-8(9(12)13)11(16)17/h2-5,8-9H,1H3,(H,14,15)(H,16,17). The largest absolute Gasteiger partial charge is 0.496 e. The van der Waals surface area contributed by atoms with Crippen molar-refractivity contribution in [3.05, 3.63) is 29.8 Å². The van der Waals surface area contributed by atoms with Gasteiger partial charge in [-0.15, -0.1) is 0 Å². The van der Waals surface area contributed by atoms with Gasteiger partial charge in [-0.2, -0.15) is 0 Å². The highest BCUT2D eigenvalue weighted by atomic mass is 19.3. The second-order valence-corrected chi connectivity index (χ2v) is 3.32. The van der Waals surface area contributed by atoms with Crippen LogP contribution in [0.25, 0.3) is 0 Å². The maximum Gasteiger partial charge on any atom is 0.332 e. The minimum atomic E-state index is -3.19. The molecule has 1 atom stereocenters. The lowest BCUT2D eigenvalue weighted by molar-refractivity contribution is -0.143. The second-order valence-electron chi connectivity index (χ2n) is 3.32. The summed E-state index contributed by atoms with van der Waals surface area (Å²) >= 11 is 0. The zero-order chi connectivity index (χ0) is 13.7. The van der Waals surface area contributed by atoms with Crippen LogP contribution in [0.4, 0.5) is 8.78 Å². The first-order chi connectivity index (χ1) is 8.47. The average molecular weight is 259 g/mol. The Balaban J connectivity index is 2.90. The summed E-state index contributed by atoms with van der Waals surface area (Å²) in [5.41, 5.74) is -0.00750. The Hall–Kier alpha value is -2.18. The van der Waals surface area contributed by atoms with Crippen LogP contribution in [-0.4, -0.2) is 36.6 Å². The van der Waals surface area contributed by atoms with Crippen molar-refractivity contribution in [3.8, 4) is 5.75 Å². The molecule has 0 aliphatic rings. The van der Waals surface area contributed by atoms with E-state index in [1.165, 1.54) is 25.3 Å². The number of hydrogen-bond donors (Lipinski definition) is 2. The number of carboxylic acids is 1. The Bertz CT molecular complexity index is 450. The van der Waals surface area contributed by atoms with Crippen molar-refractivity contribution in [2.24, 2.45) is 0 Å². The van der Waals surface area contributed by atoms with Crippen molar-refractivity contribution in [2.75, 3.05) is 7.11 Å². The Morgan fingerprint density at radius 3 is 2.44 bits per heavy atom. The molecule has 2 N–H and O–H groups in total. The van der Waals surface area contributed by atoms with Gasteiger partial charge in [0.2, 0.25) is 0 Å². The van der Waals surface area contributed by atoms with Crippen molar-refractivity contribution in [3.63, 3.8) is 0 Å². The molecule has 0 bridgehead atoms. The van der Waals surface area contributed by atoms with Gasteiger partial charge in [-0.05, 0) is 12.1 Å². The molecule has 98 valence electrons. The average Bonchev–Trinajstić information content (AvgIpc) is 2.34. The first-order valence-electron chi connectivity index (χ1n) is 4.92. The van der Waals surface area contributed by atoms with Gasteiger partial charge < -0.3 is 15.2 Å². The monoisotopic (exact) mass is 259 g/mol. The fraction of sp³-hybridized carbons (Fsp3) is 0.273. The van der Waals surface area contributed by atoms with Gasteiger partial charge >= 0.3 is 5.97 Å². The van der Waals surface area contributed by atoms with Crippen LogP contribution in [0.2, 0.25) is 0 Å². The zero-order valence-corrected chi connectivity index (χ0v) is 9.39. The number of rotatable bonds is 5. The third-order valence-electron chi connectivity index (χ3n) is 2.16. The molecule has 1 aromatic rings. The molecule has 1 amide bonds. The summed E-state index contributed by atoms with van der Waals surface area (Å²) in [5, 5.41) is 10.3. The fourth-order valence-electron chi connectivity index (χ4n) is 1.28. The third kappa shape index (κ3) is 3.16. The smallest absolute Gasteiger partial charge is 0.332 e. The van der Waals surface area contributed by atoms with Gasteiger partial charge in [0.05, 0.1) is 12.7 Å². The van der Waals surface area contributed by atoms with E-state index in [-0.39, 0.29) is 11.3 Å². The molecule has 7 heteroatoms. The molecule has 1 unspecified atom stereocenters. The maximum atomic E-state index is 12.4. The number of alkyl halides is 2. The van der Waals surface area contributed by atoms with Crippen molar-refractivity contribution in [2.45, 2.75) is 12.5 Å². The van der Waals surface area contributed by atoms with Gasteiger partial charge in [-0.25, -0.2) is 13.6 Å². The van der Waals surface area contributed by atoms with E-state index in [9.17, 15) is 18.4 Å². The van der Waals surface area contributed by atoms with E-state index in [0.29, 0.717) is 0 Å². The minimum Gasteiger partial charge on any atom is -0.496 e. The molecule has 0 fully saturated rings. The number of para-hydroxylation sites is 1. The van der Waals surface area contributed by atoms with Gasteiger partial charge in [0.1, 0.15) is 5.75 Å². The van der Waals surface area contributed by atoms with E-state index in [1.807, 2.05) is 0 Å². The van der Waals surface area contributed by atoms with E-state index in [4.69, 9.17) is 9.84 Å². The Morgan fingerprint density at radius 2 is 1.94 bits per heavy atom. The van der Waals surface area contributed by atoms with Gasteiger partial charge in [0.15, 0.2) is 6.04 Å². The van der Waals surface area contributed by atoms with Crippen LogP contribution < -0.4 is 10.1 Å². The van der Waals surface area contributed by atoms with Crippen LogP contribution in [0.15, 0.2) is 24.3 Å². The number of hydrogen-bond acceptors (Lipinski definition) is 3. The van der Waals surface area contributed by atoms with Gasteiger partial charge in [-0.1, -0.05) is 12.1 Å². The van der Waals surface area contributed by atoms with Gasteiger partial charge in [-0.3, -0.25) is 4.79 Å². The number of methoxy groups -OCH3 is 1. The van der Waals surface area contributed by atoms with Crippen LogP contribution in [-0.2, 0) is 4.79 Å². The van der Waals surface area contributed by atoms with Crippen molar-refractivity contribution in [1.29, 1.82) is 0 Å². The lowest BCUT2D eigenvalue weighted by Gasteiger charge is -2.14. The summed E-state index contributed by atoms with van der Waals surface area (Å²) in [5.74, 6) is -2.55. The molecule has 0 saturated carbocycles. The van der Waals surface area contributed by atoms with Gasteiger partial charge in [0, 0.05) is 0 Å². The molecule has 5 nitrogen and oxygen atoms in total. The number of ether oxygens (including phenoxy) is 1. The van der Waals surface area contributed by atoms with Crippen molar-refractivity contribution >= 4 is 11.9 Å². The number of carbonyl (C=O) groups is 2. The molecule has 0 spiro atoms. The number of halogens is 2. The lowest BCUT2D eigenvalue weighted by Crippen LogP contribution is -2.45. The predicted octanol–water partition coefficient (Wildman–Crippen LogP) is 1.14. The van der Waals surface area contributed by atoms with E-state index in [1.54, 1.807) is 11.4 Å². The fourth-order valence-corrected chi connectivity index (χ4v) is 1.28. The molecule has 1 rings (SSSR count). The highest BCUT2D eigenvalue weighted by molar-refractivity contribution is 5.99. The van der Waals surface area contributed by atoms with Crippen LogP contribution >= 0.6 is 0 Å². The first-order valence-corrected chi connectivity index (χ1v) is 4.92. The van der Waals surface area contributed by atoms with Crippen molar-refractivity contribution in [1.82, 2.24) is 5.32 Å². The van der Waals surface area contributed by atoms with Crippen LogP contribution in [0, 0.1) is 0 Å². The number of aliphatic carboxylic acids is 1. The van der Waals surface area contributed by atoms with E-state index < -0.39 is 24.3 Å². The summed E-state index contributed by atoms with van der Waals surface area (Å²) in [6, 6.07) is 3.67. The molecule has 1 aromatic carbocycles.